The van der Waals surface area contributed by atoms with Crippen LogP contribution in [0.25, 0.3) is 10.9 Å². The number of benzene rings is 2. The Balaban J connectivity index is 1.66. The van der Waals surface area contributed by atoms with Gasteiger partial charge in [0.1, 0.15) is 10.6 Å². The molecule has 0 saturated carbocycles. The number of methoxy groups -OCH3 is 1. The summed E-state index contributed by atoms with van der Waals surface area (Å²) in [7, 11) is -2.20. The minimum absolute atomic E-state index is 0.204. The maximum absolute atomic E-state index is 13.9. The average Bonchev–Trinajstić information content (AvgIpc) is 3.28. The number of anilines is 1. The quantitative estimate of drug-likeness (QED) is 0.572. The third kappa shape index (κ3) is 3.86. The minimum Gasteiger partial charge on any atom is -0.497 e. The Hall–Kier alpha value is -2.68. The molecule has 0 amide bonds. The summed E-state index contributed by atoms with van der Waals surface area (Å²) in [6.45, 7) is 6.32. The maximum atomic E-state index is 13.9. The Morgan fingerprint density at radius 3 is 2.39 bits per heavy atom. The Kier molecular flexibility index (Phi) is 5.55. The van der Waals surface area contributed by atoms with Crippen molar-refractivity contribution in [3.63, 3.8) is 0 Å². The molecule has 0 unspecified atom stereocenters. The molecule has 0 aliphatic carbocycles. The van der Waals surface area contributed by atoms with E-state index in [-0.39, 0.29) is 9.79 Å². The normalized spacial score (nSPS) is 18.2. The lowest BCUT2D eigenvalue weighted by Gasteiger charge is -2.39. The van der Waals surface area contributed by atoms with Crippen molar-refractivity contribution in [1.29, 1.82) is 0 Å². The second-order valence-corrected chi connectivity index (χ2v) is 10.6. The first-order valence-corrected chi connectivity index (χ1v) is 12.6. The molecule has 1 aromatic heterocycles. The number of aryl methyl sites for hydroxylation is 2. The van der Waals surface area contributed by atoms with Crippen LogP contribution < -0.4 is 9.64 Å². The van der Waals surface area contributed by atoms with Gasteiger partial charge in [0.05, 0.1) is 36.4 Å². The van der Waals surface area contributed by atoms with Gasteiger partial charge in [0, 0.05) is 37.5 Å². The number of pyridine rings is 1. The van der Waals surface area contributed by atoms with Crippen LogP contribution in [0.15, 0.2) is 52.4 Å². The van der Waals surface area contributed by atoms with Gasteiger partial charge in [0.25, 0.3) is 0 Å². The van der Waals surface area contributed by atoms with Crippen molar-refractivity contribution in [3.8, 4) is 5.75 Å². The molecule has 0 radical (unpaired) electrons. The van der Waals surface area contributed by atoms with Gasteiger partial charge in [0.2, 0.25) is 9.84 Å². The first-order valence-electron chi connectivity index (χ1n) is 11.1. The molecule has 2 aliphatic rings. The molecule has 1 spiro atoms. The van der Waals surface area contributed by atoms with Gasteiger partial charge in [0.15, 0.2) is 5.79 Å². The third-order valence-electron chi connectivity index (χ3n) is 6.75. The van der Waals surface area contributed by atoms with Crippen LogP contribution in [0.2, 0.25) is 0 Å². The number of aromatic nitrogens is 1. The van der Waals surface area contributed by atoms with Crippen LogP contribution in [0.1, 0.15) is 24.0 Å². The number of piperidine rings is 1. The Morgan fingerprint density at radius 2 is 1.73 bits per heavy atom. The van der Waals surface area contributed by atoms with Crippen molar-refractivity contribution in [2.24, 2.45) is 0 Å². The topological polar surface area (TPSA) is 78.0 Å². The van der Waals surface area contributed by atoms with E-state index < -0.39 is 15.6 Å². The van der Waals surface area contributed by atoms with Gasteiger partial charge in [-0.2, -0.15) is 0 Å². The fourth-order valence-electron chi connectivity index (χ4n) is 4.65. The molecule has 3 heterocycles. The van der Waals surface area contributed by atoms with Gasteiger partial charge in [-0.25, -0.2) is 8.42 Å². The monoisotopic (exact) mass is 468 g/mol. The highest BCUT2D eigenvalue weighted by Gasteiger charge is 2.41. The number of fused-ring (bicyclic) bond motifs is 1. The highest BCUT2D eigenvalue weighted by Crippen LogP contribution is 2.41. The molecule has 2 saturated heterocycles. The van der Waals surface area contributed by atoms with Gasteiger partial charge >= 0.3 is 0 Å². The van der Waals surface area contributed by atoms with Crippen LogP contribution >= 0.6 is 0 Å². The molecule has 2 aliphatic heterocycles. The summed E-state index contributed by atoms with van der Waals surface area (Å²) in [6, 6.07) is 10.8. The SMILES string of the molecule is COc1ccc2ncc(S(=O)(=O)c3ccc(C)c(C)c3)c(N3CCC4(CC3)OCCO4)c2c1. The van der Waals surface area contributed by atoms with E-state index in [0.29, 0.717) is 50.6 Å². The lowest BCUT2D eigenvalue weighted by atomic mass is 10.0. The van der Waals surface area contributed by atoms with Gasteiger partial charge < -0.3 is 19.1 Å². The Morgan fingerprint density at radius 1 is 1.00 bits per heavy atom. The van der Waals surface area contributed by atoms with Crippen molar-refractivity contribution < 1.29 is 22.6 Å². The molecule has 174 valence electrons. The summed E-state index contributed by atoms with van der Waals surface area (Å²) in [6.07, 6.45) is 2.83. The molecule has 33 heavy (non-hydrogen) atoms. The lowest BCUT2D eigenvalue weighted by Crippen LogP contribution is -2.45. The Bertz CT molecular complexity index is 1310. The number of ether oxygens (including phenoxy) is 3. The van der Waals surface area contributed by atoms with E-state index in [4.69, 9.17) is 14.2 Å². The molecule has 3 aromatic rings. The molecule has 8 heteroatoms. The molecular formula is C25H28N2O5S. The average molecular weight is 469 g/mol. The highest BCUT2D eigenvalue weighted by atomic mass is 32.2. The van der Waals surface area contributed by atoms with Crippen molar-refractivity contribution in [2.75, 3.05) is 38.3 Å². The van der Waals surface area contributed by atoms with Crippen molar-refractivity contribution in [3.05, 3.63) is 53.7 Å². The van der Waals surface area contributed by atoms with Crippen LogP contribution in [-0.2, 0) is 19.3 Å². The summed E-state index contributed by atoms with van der Waals surface area (Å²) < 4.78 is 44.9. The third-order valence-corrected chi connectivity index (χ3v) is 8.50. The second-order valence-electron chi connectivity index (χ2n) is 8.70. The first-order chi connectivity index (χ1) is 15.8. The lowest BCUT2D eigenvalue weighted by molar-refractivity contribution is -0.169. The molecule has 5 rings (SSSR count). The van der Waals surface area contributed by atoms with E-state index >= 15 is 0 Å². The van der Waals surface area contributed by atoms with Crippen molar-refractivity contribution in [1.82, 2.24) is 4.98 Å². The fourth-order valence-corrected chi connectivity index (χ4v) is 6.17. The number of hydrogen-bond acceptors (Lipinski definition) is 7. The molecule has 7 nitrogen and oxygen atoms in total. The van der Waals surface area contributed by atoms with Gasteiger partial charge in [-0.15, -0.1) is 0 Å². The van der Waals surface area contributed by atoms with E-state index in [1.807, 2.05) is 38.1 Å². The molecule has 0 N–H and O–H groups in total. The van der Waals surface area contributed by atoms with Crippen LogP contribution in [0.5, 0.6) is 5.75 Å². The molecular weight excluding hydrogens is 440 g/mol. The predicted molar refractivity (Wildman–Crippen MR) is 126 cm³/mol. The standard InChI is InChI=1S/C25H28N2O5S/c1-17-4-6-20(14-18(17)2)33(28,29)23-16-26-22-7-5-19(30-3)15-21(22)24(23)27-10-8-25(9-11-27)31-12-13-32-25/h4-7,14-16H,8-13H2,1-3H3. The maximum Gasteiger partial charge on any atom is 0.210 e. The number of sulfone groups is 1. The predicted octanol–water partition coefficient (Wildman–Crippen LogP) is 4.04. The zero-order valence-electron chi connectivity index (χ0n) is 19.1. The van der Waals surface area contributed by atoms with Crippen molar-refractivity contribution >= 4 is 26.4 Å². The van der Waals surface area contributed by atoms with E-state index in [2.05, 4.69) is 9.88 Å². The highest BCUT2D eigenvalue weighted by molar-refractivity contribution is 7.91. The smallest absolute Gasteiger partial charge is 0.210 e. The molecule has 2 fully saturated rings. The Labute approximate surface area is 194 Å². The summed E-state index contributed by atoms with van der Waals surface area (Å²) in [5, 5.41) is 0.753. The molecule has 0 bridgehead atoms. The van der Waals surface area contributed by atoms with E-state index in [1.165, 1.54) is 6.20 Å². The summed E-state index contributed by atoms with van der Waals surface area (Å²) in [4.78, 5) is 7.10. The first kappa shape index (κ1) is 22.1. The van der Waals surface area contributed by atoms with Crippen LogP contribution in [0.4, 0.5) is 5.69 Å². The largest absolute Gasteiger partial charge is 0.497 e. The van der Waals surface area contributed by atoms with Crippen LogP contribution in [0, 0.1) is 13.8 Å². The minimum atomic E-state index is -3.80. The van der Waals surface area contributed by atoms with E-state index in [9.17, 15) is 8.42 Å². The number of hydrogen-bond donors (Lipinski definition) is 0. The summed E-state index contributed by atoms with van der Waals surface area (Å²) >= 11 is 0. The van der Waals surface area contributed by atoms with Gasteiger partial charge in [-0.1, -0.05) is 6.07 Å². The van der Waals surface area contributed by atoms with Crippen molar-refractivity contribution in [2.45, 2.75) is 42.3 Å². The number of rotatable bonds is 4. The molecule has 2 aromatic carbocycles. The second kappa shape index (κ2) is 8.27. The van der Waals surface area contributed by atoms with E-state index in [0.717, 1.165) is 22.0 Å². The van der Waals surface area contributed by atoms with Crippen LogP contribution in [0.3, 0.4) is 0 Å². The molecule has 0 atom stereocenters. The van der Waals surface area contributed by atoms with Gasteiger partial charge in [-0.3, -0.25) is 4.98 Å². The van der Waals surface area contributed by atoms with Gasteiger partial charge in [-0.05, 0) is 55.3 Å². The zero-order valence-corrected chi connectivity index (χ0v) is 19.9. The summed E-state index contributed by atoms with van der Waals surface area (Å²) in [5.74, 6) is 0.103. The summed E-state index contributed by atoms with van der Waals surface area (Å²) in [5.41, 5.74) is 3.36. The zero-order chi connectivity index (χ0) is 23.2. The number of nitrogens with zero attached hydrogens (tertiary/aromatic N) is 2. The van der Waals surface area contributed by atoms with E-state index in [1.54, 1.807) is 19.2 Å². The fraction of sp³-hybridized carbons (Fsp3) is 0.400. The van der Waals surface area contributed by atoms with Crippen LogP contribution in [-0.4, -0.2) is 52.6 Å².